The van der Waals surface area contributed by atoms with Crippen LogP contribution < -0.4 is 5.32 Å². The molecule has 7 heteroatoms. The maximum Gasteiger partial charge on any atom is 0.242 e. The van der Waals surface area contributed by atoms with Gasteiger partial charge in [-0.05, 0) is 24.6 Å². The van der Waals surface area contributed by atoms with E-state index in [1.165, 1.54) is 6.92 Å². The molecule has 0 radical (unpaired) electrons. The van der Waals surface area contributed by atoms with E-state index < -0.39 is 21.0 Å². The van der Waals surface area contributed by atoms with Crippen LogP contribution in [0.4, 0.5) is 5.69 Å². The monoisotopic (exact) mass is 349 g/mol. The number of nitrogens with one attached hydrogen (secondary N) is 1. The zero-order valence-corrected chi connectivity index (χ0v) is 15.2. The van der Waals surface area contributed by atoms with Crippen LogP contribution in [0.5, 0.6) is 0 Å². The molecule has 1 heterocycles. The highest BCUT2D eigenvalue weighted by Gasteiger charge is 2.23. The molecule has 0 aliphatic heterocycles. The van der Waals surface area contributed by atoms with Gasteiger partial charge >= 0.3 is 0 Å². The van der Waals surface area contributed by atoms with E-state index in [9.17, 15) is 13.2 Å². The van der Waals surface area contributed by atoms with Gasteiger partial charge in [0.25, 0.3) is 0 Å². The molecule has 24 heavy (non-hydrogen) atoms. The van der Waals surface area contributed by atoms with E-state index in [-0.39, 0.29) is 0 Å². The molecule has 1 amide bonds. The van der Waals surface area contributed by atoms with Crippen molar-refractivity contribution in [3.05, 3.63) is 48.0 Å². The summed E-state index contributed by atoms with van der Waals surface area (Å²) in [6.45, 7) is 6.19. The highest BCUT2D eigenvalue weighted by Crippen LogP contribution is 2.17. The molecule has 0 aliphatic carbocycles. The zero-order chi connectivity index (χ0) is 17.9. The first kappa shape index (κ1) is 18.2. The summed E-state index contributed by atoms with van der Waals surface area (Å²) in [6, 6.07) is 7.38. The van der Waals surface area contributed by atoms with Crippen LogP contribution in [0.2, 0.25) is 0 Å². The van der Waals surface area contributed by atoms with Crippen molar-refractivity contribution in [3.8, 4) is 0 Å². The summed E-state index contributed by atoms with van der Waals surface area (Å²) in [5.41, 5.74) is 1.58. The largest absolute Gasteiger partial charge is 0.330 e. The van der Waals surface area contributed by atoms with Gasteiger partial charge in [-0.1, -0.05) is 26.0 Å². The maximum absolute atomic E-state index is 12.0. The van der Waals surface area contributed by atoms with Crippen molar-refractivity contribution >= 4 is 21.4 Å². The van der Waals surface area contributed by atoms with E-state index >= 15 is 0 Å². The predicted octanol–water partition coefficient (Wildman–Crippen LogP) is 2.43. The first-order valence-electron chi connectivity index (χ1n) is 7.78. The maximum atomic E-state index is 12.0. The Morgan fingerprint density at radius 3 is 2.62 bits per heavy atom. The lowest BCUT2D eigenvalue weighted by Gasteiger charge is -2.13. The molecule has 1 N–H and O–H groups in total. The van der Waals surface area contributed by atoms with Crippen molar-refractivity contribution < 1.29 is 13.2 Å². The van der Waals surface area contributed by atoms with Gasteiger partial charge in [-0.25, -0.2) is 13.4 Å². The Bertz CT molecular complexity index is 825. The molecule has 1 unspecified atom stereocenters. The Labute approximate surface area is 142 Å². The number of carbonyl (C=O) groups is 1. The number of nitrogens with zero attached hydrogens (tertiary/aromatic N) is 2. The van der Waals surface area contributed by atoms with Gasteiger partial charge in [0.1, 0.15) is 11.1 Å². The summed E-state index contributed by atoms with van der Waals surface area (Å²) in [7, 11) is -3.41. The first-order chi connectivity index (χ1) is 11.2. The van der Waals surface area contributed by atoms with Crippen molar-refractivity contribution in [1.82, 2.24) is 9.55 Å². The average molecular weight is 349 g/mol. The minimum atomic E-state index is -3.41. The smallest absolute Gasteiger partial charge is 0.242 e. The van der Waals surface area contributed by atoms with E-state index in [1.807, 2.05) is 24.4 Å². The molecule has 2 aromatic rings. The second-order valence-electron chi connectivity index (χ2n) is 6.23. The lowest BCUT2D eigenvalue weighted by Crippen LogP contribution is -2.31. The van der Waals surface area contributed by atoms with Crippen LogP contribution in [0.15, 0.2) is 36.7 Å². The number of sulfone groups is 1. The molecule has 0 saturated carbocycles. The van der Waals surface area contributed by atoms with Gasteiger partial charge in [0.05, 0.1) is 0 Å². The number of hydrogen-bond acceptors (Lipinski definition) is 4. The molecule has 1 atom stereocenters. The minimum absolute atomic E-state index is 0.318. The topological polar surface area (TPSA) is 81.1 Å². The summed E-state index contributed by atoms with van der Waals surface area (Å²) in [6.07, 6.45) is 4.75. The molecule has 0 spiro atoms. The van der Waals surface area contributed by atoms with Crippen molar-refractivity contribution in [2.75, 3.05) is 11.6 Å². The number of anilines is 1. The predicted molar refractivity (Wildman–Crippen MR) is 94.8 cm³/mol. The Balaban J connectivity index is 2.15. The van der Waals surface area contributed by atoms with Crippen LogP contribution in [0.25, 0.3) is 0 Å². The third-order valence-corrected chi connectivity index (χ3v) is 5.32. The van der Waals surface area contributed by atoms with Crippen LogP contribution in [0.3, 0.4) is 0 Å². The van der Waals surface area contributed by atoms with Crippen molar-refractivity contribution in [2.45, 2.75) is 38.5 Å². The van der Waals surface area contributed by atoms with Gasteiger partial charge in [0, 0.05) is 36.8 Å². The van der Waals surface area contributed by atoms with Gasteiger partial charge in [0.15, 0.2) is 9.84 Å². The average Bonchev–Trinajstić information content (AvgIpc) is 2.94. The molecule has 2 rings (SSSR count). The fourth-order valence-electron chi connectivity index (χ4n) is 2.34. The van der Waals surface area contributed by atoms with Crippen LogP contribution in [0.1, 0.15) is 38.1 Å². The second kappa shape index (κ2) is 7.17. The molecule has 6 nitrogen and oxygen atoms in total. The number of rotatable bonds is 6. The van der Waals surface area contributed by atoms with E-state index in [0.29, 0.717) is 18.2 Å². The number of imidazole rings is 1. The number of amides is 1. The zero-order valence-electron chi connectivity index (χ0n) is 14.4. The number of aromatic nitrogens is 2. The van der Waals surface area contributed by atoms with E-state index in [0.717, 1.165) is 17.6 Å². The third kappa shape index (κ3) is 4.44. The van der Waals surface area contributed by atoms with Crippen molar-refractivity contribution in [2.24, 2.45) is 0 Å². The van der Waals surface area contributed by atoms with Crippen LogP contribution >= 0.6 is 0 Å². The highest BCUT2D eigenvalue weighted by atomic mass is 32.2. The number of benzene rings is 1. The van der Waals surface area contributed by atoms with Gasteiger partial charge in [-0.3, -0.25) is 4.79 Å². The fraction of sp³-hybridized carbons (Fsp3) is 0.412. The summed E-state index contributed by atoms with van der Waals surface area (Å²) in [5, 5.41) is 1.58. The number of hydrogen-bond donors (Lipinski definition) is 1. The summed E-state index contributed by atoms with van der Waals surface area (Å²) >= 11 is 0. The fourth-order valence-corrected chi connectivity index (χ4v) is 2.79. The van der Waals surface area contributed by atoms with Crippen molar-refractivity contribution in [3.63, 3.8) is 0 Å². The summed E-state index contributed by atoms with van der Waals surface area (Å²) in [4.78, 5) is 16.4. The molecule has 0 saturated heterocycles. The van der Waals surface area contributed by atoms with E-state index in [1.54, 1.807) is 12.3 Å². The summed E-state index contributed by atoms with van der Waals surface area (Å²) in [5.74, 6) is 0.786. The Hall–Kier alpha value is -2.15. The summed E-state index contributed by atoms with van der Waals surface area (Å²) < 4.78 is 25.0. The minimum Gasteiger partial charge on any atom is -0.330 e. The molecular weight excluding hydrogens is 326 g/mol. The second-order valence-corrected chi connectivity index (χ2v) is 8.60. The van der Waals surface area contributed by atoms with Gasteiger partial charge in [0.2, 0.25) is 5.91 Å². The van der Waals surface area contributed by atoms with E-state index in [2.05, 4.69) is 28.7 Å². The van der Waals surface area contributed by atoms with Gasteiger partial charge in [-0.15, -0.1) is 0 Å². The van der Waals surface area contributed by atoms with Crippen LogP contribution in [-0.4, -0.2) is 35.4 Å². The molecule has 0 aliphatic rings. The molecule has 0 fully saturated rings. The Morgan fingerprint density at radius 2 is 2.00 bits per heavy atom. The lowest BCUT2D eigenvalue weighted by atomic mass is 10.1. The Kier molecular flexibility index (Phi) is 5.43. The van der Waals surface area contributed by atoms with Gasteiger partial charge in [-0.2, -0.15) is 0 Å². The first-order valence-corrected chi connectivity index (χ1v) is 9.73. The molecule has 1 aromatic heterocycles. The lowest BCUT2D eigenvalue weighted by molar-refractivity contribution is -0.115. The standard InChI is InChI=1S/C17H23N3O3S/c1-12(2)16-18-8-9-20(16)11-14-6-5-7-15(10-14)19-17(21)13(3)24(4,22)23/h5-10,12-13H,11H2,1-4H3,(H,19,21). The van der Waals surface area contributed by atoms with Gasteiger partial charge < -0.3 is 9.88 Å². The van der Waals surface area contributed by atoms with Crippen molar-refractivity contribution in [1.29, 1.82) is 0 Å². The number of carbonyl (C=O) groups excluding carboxylic acids is 1. The molecule has 0 bridgehead atoms. The highest BCUT2D eigenvalue weighted by molar-refractivity contribution is 7.92. The normalized spacial score (nSPS) is 13.0. The molecule has 130 valence electrons. The van der Waals surface area contributed by atoms with Crippen LogP contribution in [-0.2, 0) is 21.2 Å². The van der Waals surface area contributed by atoms with Crippen LogP contribution in [0, 0.1) is 0 Å². The molecular formula is C17H23N3O3S. The SMILES string of the molecule is CC(C)c1nccn1Cc1cccc(NC(=O)C(C)S(C)(=O)=O)c1. The third-order valence-electron chi connectivity index (χ3n) is 3.82. The Morgan fingerprint density at radius 1 is 1.29 bits per heavy atom. The molecule has 1 aromatic carbocycles. The quantitative estimate of drug-likeness (QED) is 0.868. The van der Waals surface area contributed by atoms with E-state index in [4.69, 9.17) is 0 Å².